The van der Waals surface area contributed by atoms with Gasteiger partial charge in [0, 0.05) is 12.1 Å². The lowest BCUT2D eigenvalue weighted by Crippen LogP contribution is -1.97. The van der Waals surface area contributed by atoms with Crippen LogP contribution < -0.4 is 4.74 Å². The van der Waals surface area contributed by atoms with Gasteiger partial charge in [-0.15, -0.1) is 0 Å². The second-order valence-electron chi connectivity index (χ2n) is 3.66. The molecule has 0 aliphatic carbocycles. The van der Waals surface area contributed by atoms with Crippen LogP contribution in [-0.4, -0.2) is 11.5 Å². The number of benzene rings is 1. The lowest BCUT2D eigenvalue weighted by Gasteiger charge is -2.05. The first-order valence-corrected chi connectivity index (χ1v) is 5.61. The summed E-state index contributed by atoms with van der Waals surface area (Å²) in [5, 5.41) is 10.4. The van der Waals surface area contributed by atoms with Crippen molar-refractivity contribution in [2.45, 2.75) is 32.6 Å². The molecular formula is C12H17NO3. The second-order valence-corrected chi connectivity index (χ2v) is 3.66. The summed E-state index contributed by atoms with van der Waals surface area (Å²) in [4.78, 5) is 10.00. The van der Waals surface area contributed by atoms with Crippen molar-refractivity contribution in [2.75, 3.05) is 6.61 Å². The van der Waals surface area contributed by atoms with Crippen molar-refractivity contribution in [3.63, 3.8) is 0 Å². The van der Waals surface area contributed by atoms with Gasteiger partial charge in [-0.1, -0.05) is 26.2 Å². The van der Waals surface area contributed by atoms with E-state index in [9.17, 15) is 10.1 Å². The number of ether oxygens (including phenoxy) is 1. The van der Waals surface area contributed by atoms with Crippen LogP contribution in [0.15, 0.2) is 24.3 Å². The highest BCUT2D eigenvalue weighted by molar-refractivity contribution is 5.35. The number of hydrogen-bond acceptors (Lipinski definition) is 3. The monoisotopic (exact) mass is 223 g/mol. The smallest absolute Gasteiger partial charge is 0.269 e. The maximum atomic E-state index is 10.4. The van der Waals surface area contributed by atoms with Gasteiger partial charge >= 0.3 is 0 Å². The van der Waals surface area contributed by atoms with Crippen molar-refractivity contribution in [1.82, 2.24) is 0 Å². The molecular weight excluding hydrogens is 206 g/mol. The Morgan fingerprint density at radius 2 is 1.88 bits per heavy atom. The fraction of sp³-hybridized carbons (Fsp3) is 0.500. The molecule has 0 heterocycles. The third kappa shape index (κ3) is 4.29. The molecule has 0 unspecified atom stereocenters. The van der Waals surface area contributed by atoms with Gasteiger partial charge in [0.05, 0.1) is 11.5 Å². The molecule has 0 aliphatic rings. The van der Waals surface area contributed by atoms with Crippen LogP contribution in [0.4, 0.5) is 5.69 Å². The maximum absolute atomic E-state index is 10.4. The lowest BCUT2D eigenvalue weighted by atomic mass is 10.2. The molecule has 0 fully saturated rings. The van der Waals surface area contributed by atoms with E-state index in [1.807, 2.05) is 0 Å². The highest BCUT2D eigenvalue weighted by Gasteiger charge is 2.03. The Balaban J connectivity index is 2.29. The molecule has 4 heteroatoms. The summed E-state index contributed by atoms with van der Waals surface area (Å²) < 4.78 is 5.46. The highest BCUT2D eigenvalue weighted by atomic mass is 16.6. The Hall–Kier alpha value is -1.58. The predicted molar refractivity (Wildman–Crippen MR) is 62.7 cm³/mol. The van der Waals surface area contributed by atoms with Crippen LogP contribution >= 0.6 is 0 Å². The molecule has 1 rings (SSSR count). The van der Waals surface area contributed by atoms with E-state index in [0.717, 1.165) is 6.42 Å². The van der Waals surface area contributed by atoms with Crippen molar-refractivity contribution in [3.8, 4) is 5.75 Å². The molecule has 16 heavy (non-hydrogen) atoms. The average Bonchev–Trinajstić information content (AvgIpc) is 2.29. The van der Waals surface area contributed by atoms with Gasteiger partial charge in [0.25, 0.3) is 5.69 Å². The number of nitro groups is 1. The van der Waals surface area contributed by atoms with E-state index in [0.29, 0.717) is 12.4 Å². The molecule has 0 aromatic heterocycles. The average molecular weight is 223 g/mol. The first-order valence-electron chi connectivity index (χ1n) is 5.61. The van der Waals surface area contributed by atoms with Crippen LogP contribution in [-0.2, 0) is 0 Å². The summed E-state index contributed by atoms with van der Waals surface area (Å²) in [7, 11) is 0. The van der Waals surface area contributed by atoms with Gasteiger partial charge in [0.15, 0.2) is 0 Å². The largest absolute Gasteiger partial charge is 0.494 e. The second kappa shape index (κ2) is 6.82. The summed E-state index contributed by atoms with van der Waals surface area (Å²) in [6, 6.07) is 6.19. The van der Waals surface area contributed by atoms with Gasteiger partial charge in [-0.25, -0.2) is 0 Å². The van der Waals surface area contributed by atoms with Crippen molar-refractivity contribution in [3.05, 3.63) is 34.4 Å². The van der Waals surface area contributed by atoms with Gasteiger partial charge in [0.2, 0.25) is 0 Å². The van der Waals surface area contributed by atoms with E-state index in [4.69, 9.17) is 4.74 Å². The van der Waals surface area contributed by atoms with E-state index < -0.39 is 4.92 Å². The molecule has 1 aromatic carbocycles. The SMILES string of the molecule is CCCCCCOc1ccc([N+](=O)[O-])cc1. The zero-order valence-electron chi connectivity index (χ0n) is 9.52. The van der Waals surface area contributed by atoms with E-state index in [1.54, 1.807) is 12.1 Å². The van der Waals surface area contributed by atoms with Crippen LogP contribution in [0.3, 0.4) is 0 Å². The molecule has 0 N–H and O–H groups in total. The molecule has 0 bridgehead atoms. The van der Waals surface area contributed by atoms with Crippen molar-refractivity contribution >= 4 is 5.69 Å². The van der Waals surface area contributed by atoms with E-state index >= 15 is 0 Å². The highest BCUT2D eigenvalue weighted by Crippen LogP contribution is 2.17. The number of nitro benzene ring substituents is 1. The molecule has 88 valence electrons. The molecule has 0 amide bonds. The Labute approximate surface area is 95.4 Å². The number of nitrogens with zero attached hydrogens (tertiary/aromatic N) is 1. The zero-order chi connectivity index (χ0) is 11.8. The Bertz CT molecular complexity index is 322. The summed E-state index contributed by atoms with van der Waals surface area (Å²) in [6.45, 7) is 2.84. The van der Waals surface area contributed by atoms with Crippen LogP contribution in [0, 0.1) is 10.1 Å². The van der Waals surface area contributed by atoms with Gasteiger partial charge < -0.3 is 4.74 Å². The summed E-state index contributed by atoms with van der Waals surface area (Å²) in [5.74, 6) is 0.696. The van der Waals surface area contributed by atoms with Crippen LogP contribution in [0.1, 0.15) is 32.6 Å². The van der Waals surface area contributed by atoms with E-state index in [1.165, 1.54) is 31.4 Å². The molecule has 0 saturated carbocycles. The first-order chi connectivity index (χ1) is 7.74. The quantitative estimate of drug-likeness (QED) is 0.403. The fourth-order valence-electron chi connectivity index (χ4n) is 1.38. The minimum absolute atomic E-state index is 0.0957. The fourth-order valence-corrected chi connectivity index (χ4v) is 1.38. The first kappa shape index (κ1) is 12.5. The normalized spacial score (nSPS) is 10.1. The van der Waals surface area contributed by atoms with Gasteiger partial charge in [-0.05, 0) is 18.6 Å². The number of unbranched alkanes of at least 4 members (excludes halogenated alkanes) is 3. The minimum Gasteiger partial charge on any atom is -0.494 e. The van der Waals surface area contributed by atoms with Gasteiger partial charge in [-0.3, -0.25) is 10.1 Å². The van der Waals surface area contributed by atoms with Gasteiger partial charge in [-0.2, -0.15) is 0 Å². The van der Waals surface area contributed by atoms with Gasteiger partial charge in [0.1, 0.15) is 5.75 Å². The van der Waals surface area contributed by atoms with Crippen LogP contribution in [0.25, 0.3) is 0 Å². The Morgan fingerprint density at radius 1 is 1.19 bits per heavy atom. The summed E-state index contributed by atoms with van der Waals surface area (Å²) in [5.41, 5.74) is 0.0957. The standard InChI is InChI=1S/C12H17NO3/c1-2-3-4-5-10-16-12-8-6-11(7-9-12)13(14)15/h6-9H,2-5,10H2,1H3. The molecule has 0 atom stereocenters. The zero-order valence-corrected chi connectivity index (χ0v) is 9.52. The number of hydrogen-bond donors (Lipinski definition) is 0. The molecule has 0 spiro atoms. The Kier molecular flexibility index (Phi) is 5.32. The van der Waals surface area contributed by atoms with E-state index in [-0.39, 0.29) is 5.69 Å². The molecule has 1 aromatic rings. The van der Waals surface area contributed by atoms with Crippen molar-refractivity contribution in [1.29, 1.82) is 0 Å². The lowest BCUT2D eigenvalue weighted by molar-refractivity contribution is -0.384. The third-order valence-electron chi connectivity index (χ3n) is 2.31. The molecule has 0 radical (unpaired) electrons. The van der Waals surface area contributed by atoms with Crippen molar-refractivity contribution < 1.29 is 9.66 Å². The molecule has 4 nitrogen and oxygen atoms in total. The molecule has 0 aliphatic heterocycles. The topological polar surface area (TPSA) is 52.4 Å². The molecule has 0 saturated heterocycles. The maximum Gasteiger partial charge on any atom is 0.269 e. The number of rotatable bonds is 7. The minimum atomic E-state index is -0.412. The Morgan fingerprint density at radius 3 is 2.44 bits per heavy atom. The van der Waals surface area contributed by atoms with Crippen LogP contribution in [0.5, 0.6) is 5.75 Å². The van der Waals surface area contributed by atoms with E-state index in [2.05, 4.69) is 6.92 Å². The number of non-ortho nitro benzene ring substituents is 1. The summed E-state index contributed by atoms with van der Waals surface area (Å²) in [6.07, 6.45) is 4.63. The summed E-state index contributed by atoms with van der Waals surface area (Å²) >= 11 is 0. The van der Waals surface area contributed by atoms with Crippen molar-refractivity contribution in [2.24, 2.45) is 0 Å². The third-order valence-corrected chi connectivity index (χ3v) is 2.31. The predicted octanol–water partition coefficient (Wildman–Crippen LogP) is 3.55. The van der Waals surface area contributed by atoms with Crippen LogP contribution in [0.2, 0.25) is 0 Å².